The zero-order valence-corrected chi connectivity index (χ0v) is 6.50. The molecule has 1 atom stereocenters. The standard InChI is InChI=1S/C8H14O2/c1-6(2)8(9)7-4-3-5-10-7/h4,6,8-9H,3,5H2,1-2H3. The second kappa shape index (κ2) is 3.06. The normalized spacial score (nSPS) is 20.6. The monoisotopic (exact) mass is 142 g/mol. The fourth-order valence-electron chi connectivity index (χ4n) is 0.972. The maximum atomic E-state index is 9.43. The van der Waals surface area contributed by atoms with Crippen molar-refractivity contribution in [1.29, 1.82) is 0 Å². The SMILES string of the molecule is CC(C)C(O)C1=CCCO1. The Morgan fingerprint density at radius 2 is 2.30 bits per heavy atom. The van der Waals surface area contributed by atoms with Gasteiger partial charge in [0.15, 0.2) is 0 Å². The van der Waals surface area contributed by atoms with Gasteiger partial charge in [-0.3, -0.25) is 0 Å². The van der Waals surface area contributed by atoms with Crippen molar-refractivity contribution in [3.8, 4) is 0 Å². The second-order valence-corrected chi connectivity index (χ2v) is 2.93. The van der Waals surface area contributed by atoms with Crippen molar-refractivity contribution in [2.24, 2.45) is 5.92 Å². The molecular formula is C8H14O2. The van der Waals surface area contributed by atoms with Gasteiger partial charge in [0.1, 0.15) is 11.9 Å². The van der Waals surface area contributed by atoms with E-state index in [1.54, 1.807) is 0 Å². The van der Waals surface area contributed by atoms with E-state index in [4.69, 9.17) is 4.74 Å². The zero-order chi connectivity index (χ0) is 7.56. The highest BCUT2D eigenvalue weighted by molar-refractivity contribution is 5.04. The van der Waals surface area contributed by atoms with Crippen LogP contribution < -0.4 is 0 Å². The van der Waals surface area contributed by atoms with Gasteiger partial charge in [-0.05, 0) is 12.0 Å². The van der Waals surface area contributed by atoms with Gasteiger partial charge in [0.25, 0.3) is 0 Å². The van der Waals surface area contributed by atoms with Crippen molar-refractivity contribution in [3.05, 3.63) is 11.8 Å². The molecule has 0 aromatic rings. The van der Waals surface area contributed by atoms with Crippen molar-refractivity contribution in [3.63, 3.8) is 0 Å². The zero-order valence-electron chi connectivity index (χ0n) is 6.50. The van der Waals surface area contributed by atoms with Crippen LogP contribution in [0.3, 0.4) is 0 Å². The molecule has 0 aromatic carbocycles. The van der Waals surface area contributed by atoms with E-state index in [0.29, 0.717) is 0 Å². The Hall–Kier alpha value is -0.500. The van der Waals surface area contributed by atoms with Gasteiger partial charge in [-0.25, -0.2) is 0 Å². The Bertz CT molecular complexity index is 138. The van der Waals surface area contributed by atoms with E-state index >= 15 is 0 Å². The summed E-state index contributed by atoms with van der Waals surface area (Å²) in [5, 5.41) is 9.43. The number of rotatable bonds is 2. The number of hydrogen-bond donors (Lipinski definition) is 1. The molecule has 1 aliphatic heterocycles. The van der Waals surface area contributed by atoms with Crippen LogP contribution in [0.1, 0.15) is 20.3 Å². The maximum absolute atomic E-state index is 9.43. The molecule has 0 saturated heterocycles. The van der Waals surface area contributed by atoms with Gasteiger partial charge in [-0.1, -0.05) is 13.8 Å². The lowest BCUT2D eigenvalue weighted by Gasteiger charge is -2.14. The summed E-state index contributed by atoms with van der Waals surface area (Å²) in [6.45, 7) is 4.69. The van der Waals surface area contributed by atoms with Crippen LogP contribution >= 0.6 is 0 Å². The molecule has 2 nitrogen and oxygen atoms in total. The van der Waals surface area contributed by atoms with E-state index in [0.717, 1.165) is 18.8 Å². The molecule has 10 heavy (non-hydrogen) atoms. The van der Waals surface area contributed by atoms with Crippen LogP contribution in [-0.4, -0.2) is 17.8 Å². The molecule has 0 fully saturated rings. The third-order valence-electron chi connectivity index (χ3n) is 1.66. The molecule has 0 aromatic heterocycles. The Morgan fingerprint density at radius 3 is 2.70 bits per heavy atom. The van der Waals surface area contributed by atoms with Crippen LogP contribution in [0.4, 0.5) is 0 Å². The lowest BCUT2D eigenvalue weighted by molar-refractivity contribution is 0.0861. The summed E-state index contributed by atoms with van der Waals surface area (Å²) < 4.78 is 5.19. The van der Waals surface area contributed by atoms with Crippen molar-refractivity contribution in [2.45, 2.75) is 26.4 Å². The average Bonchev–Trinajstić information content (AvgIpc) is 2.36. The third kappa shape index (κ3) is 1.51. The predicted molar refractivity (Wildman–Crippen MR) is 39.5 cm³/mol. The summed E-state index contributed by atoms with van der Waals surface area (Å²) in [7, 11) is 0. The number of hydrogen-bond acceptors (Lipinski definition) is 2. The minimum absolute atomic E-state index is 0.254. The number of ether oxygens (including phenoxy) is 1. The van der Waals surface area contributed by atoms with E-state index in [2.05, 4.69) is 0 Å². The summed E-state index contributed by atoms with van der Waals surface area (Å²) in [6.07, 6.45) is 2.51. The highest BCUT2D eigenvalue weighted by atomic mass is 16.5. The lowest BCUT2D eigenvalue weighted by atomic mass is 10.1. The Kier molecular flexibility index (Phi) is 2.33. The van der Waals surface area contributed by atoms with Gasteiger partial charge in [-0.15, -0.1) is 0 Å². The lowest BCUT2D eigenvalue weighted by Crippen LogP contribution is -2.17. The molecule has 0 radical (unpaired) electrons. The molecule has 1 rings (SSSR count). The van der Waals surface area contributed by atoms with Gasteiger partial charge in [0, 0.05) is 6.42 Å². The summed E-state index contributed by atoms with van der Waals surface area (Å²) in [4.78, 5) is 0. The van der Waals surface area contributed by atoms with Gasteiger partial charge >= 0.3 is 0 Å². The molecule has 1 aliphatic rings. The summed E-state index contributed by atoms with van der Waals surface area (Å²) in [6, 6.07) is 0. The van der Waals surface area contributed by atoms with Crippen LogP contribution in [0.15, 0.2) is 11.8 Å². The Labute approximate surface area is 61.5 Å². The number of aliphatic hydroxyl groups excluding tert-OH is 1. The first-order valence-electron chi connectivity index (χ1n) is 3.72. The molecule has 0 amide bonds. The predicted octanol–water partition coefficient (Wildman–Crippen LogP) is 1.31. The van der Waals surface area contributed by atoms with Gasteiger partial charge in [0.2, 0.25) is 0 Å². The van der Waals surface area contributed by atoms with Crippen molar-refractivity contribution in [2.75, 3.05) is 6.61 Å². The first kappa shape index (κ1) is 7.61. The van der Waals surface area contributed by atoms with Crippen LogP contribution in [-0.2, 0) is 4.74 Å². The Balaban J connectivity index is 2.47. The first-order chi connectivity index (χ1) is 4.72. The highest BCUT2D eigenvalue weighted by Gasteiger charge is 2.18. The molecule has 1 unspecified atom stereocenters. The first-order valence-corrected chi connectivity index (χ1v) is 3.72. The Morgan fingerprint density at radius 1 is 1.60 bits per heavy atom. The van der Waals surface area contributed by atoms with E-state index in [-0.39, 0.29) is 5.92 Å². The number of aliphatic hydroxyl groups is 1. The largest absolute Gasteiger partial charge is 0.495 e. The van der Waals surface area contributed by atoms with Gasteiger partial charge < -0.3 is 9.84 Å². The highest BCUT2D eigenvalue weighted by Crippen LogP contribution is 2.18. The van der Waals surface area contributed by atoms with Crippen LogP contribution in [0, 0.1) is 5.92 Å². The molecule has 58 valence electrons. The molecule has 1 heterocycles. The van der Waals surface area contributed by atoms with Crippen LogP contribution in [0.2, 0.25) is 0 Å². The minimum Gasteiger partial charge on any atom is -0.495 e. The van der Waals surface area contributed by atoms with Crippen molar-refractivity contribution < 1.29 is 9.84 Å². The van der Waals surface area contributed by atoms with Crippen LogP contribution in [0.25, 0.3) is 0 Å². The minimum atomic E-state index is -0.400. The van der Waals surface area contributed by atoms with Gasteiger partial charge in [0.05, 0.1) is 6.61 Å². The van der Waals surface area contributed by atoms with E-state index < -0.39 is 6.10 Å². The van der Waals surface area contributed by atoms with Crippen LogP contribution in [0.5, 0.6) is 0 Å². The molecule has 0 saturated carbocycles. The summed E-state index contributed by atoms with van der Waals surface area (Å²) in [5.41, 5.74) is 0. The fraction of sp³-hybridized carbons (Fsp3) is 0.750. The summed E-state index contributed by atoms with van der Waals surface area (Å²) in [5.74, 6) is 1.01. The molecule has 0 spiro atoms. The van der Waals surface area contributed by atoms with E-state index in [1.165, 1.54) is 0 Å². The average molecular weight is 142 g/mol. The molecule has 2 heteroatoms. The summed E-state index contributed by atoms with van der Waals surface area (Å²) >= 11 is 0. The van der Waals surface area contributed by atoms with Gasteiger partial charge in [-0.2, -0.15) is 0 Å². The molecule has 0 aliphatic carbocycles. The van der Waals surface area contributed by atoms with E-state index in [1.807, 2.05) is 19.9 Å². The molecular weight excluding hydrogens is 128 g/mol. The topological polar surface area (TPSA) is 29.5 Å². The van der Waals surface area contributed by atoms with Crippen molar-refractivity contribution in [1.82, 2.24) is 0 Å². The van der Waals surface area contributed by atoms with E-state index in [9.17, 15) is 5.11 Å². The van der Waals surface area contributed by atoms with Crippen molar-refractivity contribution >= 4 is 0 Å². The second-order valence-electron chi connectivity index (χ2n) is 2.93. The third-order valence-corrected chi connectivity index (χ3v) is 1.66. The maximum Gasteiger partial charge on any atom is 0.121 e. The smallest absolute Gasteiger partial charge is 0.121 e. The molecule has 1 N–H and O–H groups in total. The molecule has 0 bridgehead atoms. The fourth-order valence-corrected chi connectivity index (χ4v) is 0.972. The quantitative estimate of drug-likeness (QED) is 0.629.